The second-order valence-corrected chi connectivity index (χ2v) is 14.6. The van der Waals surface area contributed by atoms with E-state index in [1.807, 2.05) is 0 Å². The van der Waals surface area contributed by atoms with Crippen molar-refractivity contribution in [2.24, 2.45) is 50.2 Å². The summed E-state index contributed by atoms with van der Waals surface area (Å²) in [5, 5.41) is 0. The number of fused-ring (bicyclic) bond motifs is 7. The van der Waals surface area contributed by atoms with E-state index in [1.165, 1.54) is 18.3 Å². The molecule has 0 heterocycles. The van der Waals surface area contributed by atoms with Gasteiger partial charge in [-0.1, -0.05) is 54.0 Å². The largest absolute Gasteiger partial charge is 0.303 e. The van der Waals surface area contributed by atoms with Gasteiger partial charge in [0, 0.05) is 23.2 Å². The van der Waals surface area contributed by atoms with Crippen molar-refractivity contribution in [2.45, 2.75) is 106 Å². The molecule has 0 aromatic heterocycles. The normalized spacial score (nSPS) is 53.2. The third-order valence-electron chi connectivity index (χ3n) is 12.6. The lowest BCUT2D eigenvalue weighted by Crippen LogP contribution is -2.66. The van der Waals surface area contributed by atoms with E-state index in [9.17, 15) is 14.4 Å². The fourth-order valence-electron chi connectivity index (χ4n) is 10.1. The predicted octanol–water partition coefficient (Wildman–Crippen LogP) is 6.74. The maximum atomic E-state index is 14.2. The molecule has 0 N–H and O–H groups in total. The molecule has 182 valence electrons. The summed E-state index contributed by atoms with van der Waals surface area (Å²) in [6, 6.07) is 0. The van der Waals surface area contributed by atoms with Crippen LogP contribution in [0.2, 0.25) is 0 Å². The van der Waals surface area contributed by atoms with Crippen LogP contribution in [-0.2, 0) is 14.4 Å². The average molecular weight is 453 g/mol. The molecular weight excluding hydrogens is 408 g/mol. The standard InChI is InChI=1S/C30H44O3/c1-25(2)22-8-11-30(7)24(28(22,5)10-9-23(25)33)21(32)16-19-20-17-26(3,18-31)12-13-27(20,4)14-15-29(19,30)6/h16,18,20,22,24H,8-15,17H2,1-7H3/t20?,22?,24?,26-,27+,28-,29+,30+/m0/s1. The minimum Gasteiger partial charge on any atom is -0.303 e. The Kier molecular flexibility index (Phi) is 4.77. The van der Waals surface area contributed by atoms with Gasteiger partial charge in [0.15, 0.2) is 5.78 Å². The van der Waals surface area contributed by atoms with E-state index in [0.717, 1.165) is 44.9 Å². The lowest BCUT2D eigenvalue weighted by Gasteiger charge is -2.69. The summed E-state index contributed by atoms with van der Waals surface area (Å²) in [6.45, 7) is 16.0. The number of rotatable bonds is 1. The van der Waals surface area contributed by atoms with E-state index in [4.69, 9.17) is 0 Å². The first-order valence-electron chi connectivity index (χ1n) is 13.4. The first-order valence-corrected chi connectivity index (χ1v) is 13.4. The van der Waals surface area contributed by atoms with Crippen LogP contribution in [0.1, 0.15) is 106 Å². The molecule has 5 rings (SSSR count). The van der Waals surface area contributed by atoms with Crippen LogP contribution in [0.5, 0.6) is 0 Å². The Hall–Kier alpha value is -1.25. The molecule has 5 aliphatic carbocycles. The Morgan fingerprint density at radius 3 is 2.21 bits per heavy atom. The van der Waals surface area contributed by atoms with Crippen LogP contribution < -0.4 is 0 Å². The van der Waals surface area contributed by atoms with Crippen molar-refractivity contribution in [3.05, 3.63) is 11.6 Å². The Morgan fingerprint density at radius 2 is 1.55 bits per heavy atom. The highest BCUT2D eigenvalue weighted by molar-refractivity contribution is 5.96. The topological polar surface area (TPSA) is 51.2 Å². The Labute approximate surface area is 200 Å². The van der Waals surface area contributed by atoms with Gasteiger partial charge in [-0.3, -0.25) is 9.59 Å². The Morgan fingerprint density at radius 1 is 0.879 bits per heavy atom. The van der Waals surface area contributed by atoms with Crippen LogP contribution in [0, 0.1) is 50.2 Å². The first kappa shape index (κ1) is 23.5. The number of hydrogen-bond donors (Lipinski definition) is 0. The summed E-state index contributed by atoms with van der Waals surface area (Å²) in [4.78, 5) is 39.1. The van der Waals surface area contributed by atoms with Gasteiger partial charge in [0.25, 0.3) is 0 Å². The average Bonchev–Trinajstić information content (AvgIpc) is 2.74. The summed E-state index contributed by atoms with van der Waals surface area (Å²) in [7, 11) is 0. The van der Waals surface area contributed by atoms with Crippen molar-refractivity contribution in [3.8, 4) is 0 Å². The molecule has 3 heteroatoms. The van der Waals surface area contributed by atoms with Gasteiger partial charge in [-0.25, -0.2) is 0 Å². The highest BCUT2D eigenvalue weighted by Gasteiger charge is 2.70. The maximum Gasteiger partial charge on any atom is 0.159 e. The molecule has 5 aliphatic rings. The lowest BCUT2D eigenvalue weighted by molar-refractivity contribution is -0.187. The molecule has 0 saturated heterocycles. The van der Waals surface area contributed by atoms with Crippen molar-refractivity contribution >= 4 is 17.9 Å². The smallest absolute Gasteiger partial charge is 0.159 e. The van der Waals surface area contributed by atoms with E-state index in [-0.39, 0.29) is 44.3 Å². The molecule has 0 spiro atoms. The molecule has 0 bridgehead atoms. The summed E-state index contributed by atoms with van der Waals surface area (Å²) in [6.07, 6.45) is 12.0. The number of hydrogen-bond acceptors (Lipinski definition) is 3. The molecule has 0 aromatic carbocycles. The molecule has 0 aromatic rings. The van der Waals surface area contributed by atoms with E-state index < -0.39 is 0 Å². The van der Waals surface area contributed by atoms with Crippen LogP contribution in [0.25, 0.3) is 0 Å². The van der Waals surface area contributed by atoms with Crippen LogP contribution in [0.15, 0.2) is 11.6 Å². The number of allylic oxidation sites excluding steroid dienone is 2. The molecule has 8 atom stereocenters. The number of carbonyl (C=O) groups excluding carboxylic acids is 3. The van der Waals surface area contributed by atoms with Crippen LogP contribution >= 0.6 is 0 Å². The van der Waals surface area contributed by atoms with E-state index in [2.05, 4.69) is 54.5 Å². The minimum absolute atomic E-state index is 0.0174. The summed E-state index contributed by atoms with van der Waals surface area (Å²) < 4.78 is 0. The van der Waals surface area contributed by atoms with E-state index in [1.54, 1.807) is 0 Å². The summed E-state index contributed by atoms with van der Waals surface area (Å²) >= 11 is 0. The Bertz CT molecular complexity index is 960. The van der Waals surface area contributed by atoms with Crippen LogP contribution in [0.3, 0.4) is 0 Å². The SMILES string of the molecule is CC1(C)C(=O)CC[C@@]2(C)C1CC[C@]1(C)C2C(=O)C=C2C3C[C@@](C)(C=O)CC[C@]3(C)CC[C@]21C. The molecule has 3 unspecified atom stereocenters. The zero-order valence-corrected chi connectivity index (χ0v) is 22.0. The molecule has 0 amide bonds. The van der Waals surface area contributed by atoms with Crippen molar-refractivity contribution in [3.63, 3.8) is 0 Å². The van der Waals surface area contributed by atoms with E-state index in [0.29, 0.717) is 23.9 Å². The lowest BCUT2D eigenvalue weighted by atomic mass is 9.33. The third-order valence-corrected chi connectivity index (χ3v) is 12.6. The Balaban J connectivity index is 1.63. The van der Waals surface area contributed by atoms with Crippen LogP contribution in [-0.4, -0.2) is 17.9 Å². The predicted molar refractivity (Wildman–Crippen MR) is 131 cm³/mol. The number of aldehydes is 1. The van der Waals surface area contributed by atoms with Gasteiger partial charge in [0.05, 0.1) is 0 Å². The molecule has 4 fully saturated rings. The highest BCUT2D eigenvalue weighted by Crippen LogP contribution is 2.74. The molecule has 0 radical (unpaired) electrons. The molecule has 0 aliphatic heterocycles. The first-order chi connectivity index (χ1) is 15.2. The van der Waals surface area contributed by atoms with Gasteiger partial charge in [-0.05, 0) is 90.9 Å². The molecule has 33 heavy (non-hydrogen) atoms. The van der Waals surface area contributed by atoms with Gasteiger partial charge < -0.3 is 4.79 Å². The monoisotopic (exact) mass is 452 g/mol. The molecule has 3 nitrogen and oxygen atoms in total. The zero-order chi connectivity index (χ0) is 24.2. The quantitative estimate of drug-likeness (QED) is 0.414. The fraction of sp³-hybridized carbons (Fsp3) is 0.833. The van der Waals surface area contributed by atoms with Gasteiger partial charge in [-0.2, -0.15) is 0 Å². The van der Waals surface area contributed by atoms with Gasteiger partial charge >= 0.3 is 0 Å². The highest BCUT2D eigenvalue weighted by atomic mass is 16.1. The zero-order valence-electron chi connectivity index (χ0n) is 22.0. The van der Waals surface area contributed by atoms with Crippen molar-refractivity contribution < 1.29 is 14.4 Å². The van der Waals surface area contributed by atoms with Gasteiger partial charge in [-0.15, -0.1) is 0 Å². The minimum atomic E-state index is -0.347. The van der Waals surface area contributed by atoms with Crippen molar-refractivity contribution in [1.82, 2.24) is 0 Å². The second kappa shape index (κ2) is 6.70. The van der Waals surface area contributed by atoms with Crippen molar-refractivity contribution in [2.75, 3.05) is 0 Å². The van der Waals surface area contributed by atoms with Crippen LogP contribution in [0.4, 0.5) is 0 Å². The fourth-order valence-corrected chi connectivity index (χ4v) is 10.1. The van der Waals surface area contributed by atoms with Gasteiger partial charge in [0.1, 0.15) is 12.1 Å². The third kappa shape index (κ3) is 2.77. The summed E-state index contributed by atoms with van der Waals surface area (Å²) in [5.74, 6) is 1.26. The van der Waals surface area contributed by atoms with E-state index >= 15 is 0 Å². The number of carbonyl (C=O) groups is 3. The number of Topliss-reactive ketones (excluding diaryl/α,β-unsaturated/α-hetero) is 1. The molecular formula is C30H44O3. The second-order valence-electron chi connectivity index (χ2n) is 14.6. The molecule has 4 saturated carbocycles. The van der Waals surface area contributed by atoms with Crippen molar-refractivity contribution in [1.29, 1.82) is 0 Å². The van der Waals surface area contributed by atoms with Gasteiger partial charge in [0.2, 0.25) is 0 Å². The number of ketones is 2. The summed E-state index contributed by atoms with van der Waals surface area (Å²) in [5.41, 5.74) is 0.694. The maximum absolute atomic E-state index is 14.2.